The van der Waals surface area contributed by atoms with Crippen LogP contribution in [0.4, 0.5) is 5.95 Å². The van der Waals surface area contributed by atoms with Gasteiger partial charge in [0.15, 0.2) is 17.2 Å². The van der Waals surface area contributed by atoms with Crippen LogP contribution >= 0.6 is 0 Å². The van der Waals surface area contributed by atoms with Crippen LogP contribution < -0.4 is 5.32 Å². The quantitative estimate of drug-likeness (QED) is 0.759. The third-order valence-corrected chi connectivity index (χ3v) is 4.16. The van der Waals surface area contributed by atoms with E-state index in [1.807, 2.05) is 30.3 Å². The van der Waals surface area contributed by atoms with Gasteiger partial charge in [-0.3, -0.25) is 15.2 Å². The van der Waals surface area contributed by atoms with Gasteiger partial charge < -0.3 is 13.9 Å². The molecular weight excluding hydrogens is 312 g/mol. The Balaban J connectivity index is 1.55. The molecule has 2 N–H and O–H groups in total. The summed E-state index contributed by atoms with van der Waals surface area (Å²) in [5, 5.41) is 10.4. The summed E-state index contributed by atoms with van der Waals surface area (Å²) in [7, 11) is 1.49. The van der Waals surface area contributed by atoms with E-state index in [1.165, 1.54) is 7.11 Å². The van der Waals surface area contributed by atoms with E-state index < -0.39 is 5.60 Å². The predicted octanol–water partition coefficient (Wildman–Crippen LogP) is 1.96. The number of nitrogens with one attached hydrogen (secondary N) is 2. The summed E-state index contributed by atoms with van der Waals surface area (Å²) in [5.41, 5.74) is -0.226. The molecule has 8 nitrogen and oxygen atoms in total. The average molecular weight is 328 g/mol. The maximum absolute atomic E-state index is 12.4. The fourth-order valence-corrected chi connectivity index (χ4v) is 2.72. The lowest BCUT2D eigenvalue weighted by atomic mass is 10.0. The largest absolute Gasteiger partial charge is 0.453 e. The lowest BCUT2D eigenvalue weighted by molar-refractivity contribution is -0.137. The van der Waals surface area contributed by atoms with Crippen LogP contribution in [0, 0.1) is 0 Å². The minimum atomic E-state index is -0.986. The van der Waals surface area contributed by atoms with Gasteiger partial charge in [0, 0.05) is 18.9 Å². The summed E-state index contributed by atoms with van der Waals surface area (Å²) in [6.45, 7) is 0.704. The third-order valence-electron chi connectivity index (χ3n) is 4.16. The van der Waals surface area contributed by atoms with Crippen molar-refractivity contribution < 1.29 is 18.7 Å². The first-order valence-electron chi connectivity index (χ1n) is 7.56. The summed E-state index contributed by atoms with van der Waals surface area (Å²) < 4.78 is 16.3. The van der Waals surface area contributed by atoms with Crippen molar-refractivity contribution in [3.8, 4) is 11.6 Å². The van der Waals surface area contributed by atoms with Crippen molar-refractivity contribution in [2.75, 3.05) is 25.6 Å². The molecule has 4 rings (SSSR count). The highest BCUT2D eigenvalue weighted by Gasteiger charge is 2.43. The summed E-state index contributed by atoms with van der Waals surface area (Å²) >= 11 is 0. The first kappa shape index (κ1) is 14.9. The van der Waals surface area contributed by atoms with Crippen LogP contribution in [0.3, 0.4) is 0 Å². The van der Waals surface area contributed by atoms with Crippen LogP contribution in [-0.2, 0) is 14.3 Å². The number of aromatic amines is 1. The molecule has 1 aromatic carbocycles. The zero-order valence-electron chi connectivity index (χ0n) is 13.0. The van der Waals surface area contributed by atoms with Crippen LogP contribution in [0.2, 0.25) is 0 Å². The topological polar surface area (TPSA) is 102 Å². The Labute approximate surface area is 137 Å². The second kappa shape index (κ2) is 5.73. The average Bonchev–Trinajstić information content (AvgIpc) is 3.33. The lowest BCUT2D eigenvalue weighted by Gasteiger charge is -2.23. The molecule has 3 heterocycles. The monoisotopic (exact) mass is 328 g/mol. The minimum absolute atomic E-state index is 0.166. The molecule has 24 heavy (non-hydrogen) atoms. The summed E-state index contributed by atoms with van der Waals surface area (Å²) in [6, 6.07) is 9.52. The highest BCUT2D eigenvalue weighted by atomic mass is 16.6. The number of carbonyl (C=O) groups is 1. The number of carbonyl (C=O) groups excluding carboxylic acids is 1. The molecule has 1 saturated heterocycles. The standard InChI is InChI=1S/C16H16N4O4/c1-22-16(6-7-23-9-16)14(21)18-15-17-13(19-20-15)12-8-10-4-2-3-5-11(10)24-12/h2-5,8H,6-7,9H2,1H3,(H2,17,18,19,20,21). The number of furan rings is 1. The van der Waals surface area contributed by atoms with Crippen LogP contribution in [0.25, 0.3) is 22.6 Å². The van der Waals surface area contributed by atoms with E-state index >= 15 is 0 Å². The minimum Gasteiger partial charge on any atom is -0.453 e. The van der Waals surface area contributed by atoms with Crippen molar-refractivity contribution in [3.05, 3.63) is 30.3 Å². The number of hydrogen-bond acceptors (Lipinski definition) is 6. The van der Waals surface area contributed by atoms with Crippen molar-refractivity contribution in [1.29, 1.82) is 0 Å². The molecule has 1 aliphatic heterocycles. The van der Waals surface area contributed by atoms with Crippen molar-refractivity contribution in [3.63, 3.8) is 0 Å². The van der Waals surface area contributed by atoms with Gasteiger partial charge in [-0.25, -0.2) is 0 Å². The van der Waals surface area contributed by atoms with E-state index in [4.69, 9.17) is 13.9 Å². The molecule has 1 aliphatic rings. The Morgan fingerprint density at radius 1 is 1.42 bits per heavy atom. The number of methoxy groups -OCH3 is 1. The fourth-order valence-electron chi connectivity index (χ4n) is 2.72. The van der Waals surface area contributed by atoms with Crippen LogP contribution in [0.1, 0.15) is 6.42 Å². The number of fused-ring (bicyclic) bond motifs is 1. The van der Waals surface area contributed by atoms with Gasteiger partial charge in [-0.05, 0) is 12.1 Å². The van der Waals surface area contributed by atoms with Crippen molar-refractivity contribution in [2.45, 2.75) is 12.0 Å². The molecule has 124 valence electrons. The summed E-state index contributed by atoms with van der Waals surface area (Å²) in [6.07, 6.45) is 0.496. The molecule has 0 aliphatic carbocycles. The lowest BCUT2D eigenvalue weighted by Crippen LogP contribution is -2.45. The number of anilines is 1. The summed E-state index contributed by atoms with van der Waals surface area (Å²) in [4.78, 5) is 16.7. The Bertz CT molecular complexity index is 846. The van der Waals surface area contributed by atoms with E-state index in [-0.39, 0.29) is 18.5 Å². The molecule has 0 saturated carbocycles. The zero-order valence-corrected chi connectivity index (χ0v) is 13.0. The van der Waals surface area contributed by atoms with E-state index in [1.54, 1.807) is 0 Å². The summed E-state index contributed by atoms with van der Waals surface area (Å²) in [5.74, 6) is 0.835. The molecule has 0 spiro atoms. The van der Waals surface area contributed by atoms with E-state index in [0.29, 0.717) is 24.6 Å². The van der Waals surface area contributed by atoms with Crippen molar-refractivity contribution in [2.24, 2.45) is 0 Å². The number of benzene rings is 1. The number of para-hydroxylation sites is 1. The Kier molecular flexibility index (Phi) is 3.55. The third kappa shape index (κ3) is 2.45. The fraction of sp³-hybridized carbons (Fsp3) is 0.312. The molecule has 2 aromatic heterocycles. The first-order chi connectivity index (χ1) is 11.7. The number of hydrogen-bond donors (Lipinski definition) is 2. The molecule has 3 aromatic rings. The normalized spacial score (nSPS) is 20.5. The highest BCUT2D eigenvalue weighted by molar-refractivity contribution is 5.96. The maximum Gasteiger partial charge on any atom is 0.261 e. The molecule has 0 radical (unpaired) electrons. The van der Waals surface area contributed by atoms with Crippen LogP contribution in [0.5, 0.6) is 0 Å². The van der Waals surface area contributed by atoms with Crippen LogP contribution in [0.15, 0.2) is 34.7 Å². The second-order valence-corrected chi connectivity index (χ2v) is 5.61. The molecule has 8 heteroatoms. The smallest absolute Gasteiger partial charge is 0.261 e. The van der Waals surface area contributed by atoms with Gasteiger partial charge >= 0.3 is 0 Å². The number of amides is 1. The maximum atomic E-state index is 12.4. The van der Waals surface area contributed by atoms with Crippen molar-refractivity contribution >= 4 is 22.8 Å². The number of rotatable bonds is 4. The SMILES string of the molecule is COC1(C(=O)Nc2n[nH]c(-c3cc4ccccc4o3)n2)CCOC1. The highest BCUT2D eigenvalue weighted by Crippen LogP contribution is 2.27. The van der Waals surface area contributed by atoms with Crippen molar-refractivity contribution in [1.82, 2.24) is 15.2 Å². The van der Waals surface area contributed by atoms with E-state index in [0.717, 1.165) is 11.0 Å². The van der Waals surface area contributed by atoms with Gasteiger partial charge in [-0.2, -0.15) is 4.98 Å². The van der Waals surface area contributed by atoms with Gasteiger partial charge in [0.25, 0.3) is 5.91 Å². The van der Waals surface area contributed by atoms with Gasteiger partial charge in [-0.1, -0.05) is 18.2 Å². The van der Waals surface area contributed by atoms with Gasteiger partial charge in [0.2, 0.25) is 5.95 Å². The number of aromatic nitrogens is 3. The number of nitrogens with zero attached hydrogens (tertiary/aromatic N) is 2. The number of H-pyrrole nitrogens is 1. The molecule has 1 amide bonds. The molecular formula is C16H16N4O4. The molecule has 1 atom stereocenters. The van der Waals surface area contributed by atoms with E-state index in [2.05, 4.69) is 20.5 Å². The van der Waals surface area contributed by atoms with E-state index in [9.17, 15) is 4.79 Å². The Morgan fingerprint density at radius 2 is 2.29 bits per heavy atom. The Hall–Kier alpha value is -2.71. The number of ether oxygens (including phenoxy) is 2. The first-order valence-corrected chi connectivity index (χ1v) is 7.56. The predicted molar refractivity (Wildman–Crippen MR) is 85.4 cm³/mol. The molecule has 1 unspecified atom stereocenters. The van der Waals surface area contributed by atoms with Gasteiger partial charge in [0.1, 0.15) is 5.58 Å². The molecule has 1 fully saturated rings. The van der Waals surface area contributed by atoms with Gasteiger partial charge in [0.05, 0.1) is 13.2 Å². The molecule has 0 bridgehead atoms. The Morgan fingerprint density at radius 3 is 3.04 bits per heavy atom. The van der Waals surface area contributed by atoms with Crippen LogP contribution in [-0.4, -0.2) is 47.0 Å². The second-order valence-electron chi connectivity index (χ2n) is 5.61. The van der Waals surface area contributed by atoms with Gasteiger partial charge in [-0.15, -0.1) is 5.10 Å². The zero-order chi connectivity index (χ0) is 16.6.